The predicted octanol–water partition coefficient (Wildman–Crippen LogP) is 1.94. The summed E-state index contributed by atoms with van der Waals surface area (Å²) in [5, 5.41) is 19.9. The number of nitro groups is 1. The zero-order valence-electron chi connectivity index (χ0n) is 12.0. The van der Waals surface area contributed by atoms with Gasteiger partial charge in [0.1, 0.15) is 6.04 Å². The maximum atomic E-state index is 12.2. The highest BCUT2D eigenvalue weighted by Gasteiger charge is 2.30. The lowest BCUT2D eigenvalue weighted by molar-refractivity contribution is -0.385. The molecule has 1 aromatic carbocycles. The van der Waals surface area contributed by atoms with E-state index in [2.05, 4.69) is 0 Å². The third-order valence-corrected chi connectivity index (χ3v) is 4.83. The number of hydrogen-bond acceptors (Lipinski definition) is 5. The fourth-order valence-corrected chi connectivity index (χ4v) is 3.35. The van der Waals surface area contributed by atoms with Gasteiger partial charge < -0.3 is 5.11 Å². The van der Waals surface area contributed by atoms with E-state index in [9.17, 15) is 23.3 Å². The van der Waals surface area contributed by atoms with Crippen molar-refractivity contribution in [3.05, 3.63) is 32.8 Å². The Morgan fingerprint density at radius 3 is 2.36 bits per heavy atom. The molecule has 0 unspecified atom stereocenters. The summed E-state index contributed by atoms with van der Waals surface area (Å²) in [6, 6.07) is 0.540. The Kier molecular flexibility index (Phi) is 5.49. The number of carbonyl (C=O) groups is 1. The van der Waals surface area contributed by atoms with Crippen LogP contribution < -0.4 is 4.72 Å². The van der Waals surface area contributed by atoms with E-state index in [0.717, 1.165) is 12.1 Å². The van der Waals surface area contributed by atoms with Crippen molar-refractivity contribution in [2.24, 2.45) is 5.92 Å². The summed E-state index contributed by atoms with van der Waals surface area (Å²) < 4.78 is 26.5. The molecule has 0 aromatic heterocycles. The fraction of sp³-hybridized carbons (Fsp3) is 0.417. The van der Waals surface area contributed by atoms with Crippen LogP contribution in [0.5, 0.6) is 0 Å². The molecule has 0 spiro atoms. The number of sulfonamides is 1. The molecule has 0 bridgehead atoms. The molecule has 0 fully saturated rings. The van der Waals surface area contributed by atoms with Gasteiger partial charge in [0, 0.05) is 11.6 Å². The number of nitro benzene ring substituents is 1. The molecule has 0 amide bonds. The molecule has 8 nitrogen and oxygen atoms in total. The van der Waals surface area contributed by atoms with E-state index < -0.39 is 43.5 Å². The van der Waals surface area contributed by atoms with Crippen molar-refractivity contribution in [2.75, 3.05) is 0 Å². The largest absolute Gasteiger partial charge is 0.480 e. The molecule has 0 aliphatic rings. The molecule has 0 aliphatic heterocycles. The van der Waals surface area contributed by atoms with E-state index in [4.69, 9.17) is 16.7 Å². The highest BCUT2D eigenvalue weighted by Crippen LogP contribution is 2.29. The van der Waals surface area contributed by atoms with Crippen LogP contribution in [0.2, 0.25) is 5.02 Å². The van der Waals surface area contributed by atoms with Crippen LogP contribution in [-0.2, 0) is 14.8 Å². The maximum absolute atomic E-state index is 12.2. The normalized spacial score (nSPS) is 13.1. The number of halogens is 1. The Morgan fingerprint density at radius 2 is 1.95 bits per heavy atom. The van der Waals surface area contributed by atoms with Crippen molar-refractivity contribution in [1.82, 2.24) is 4.72 Å². The average molecular weight is 351 g/mol. The Labute approximate surface area is 132 Å². The van der Waals surface area contributed by atoms with Crippen LogP contribution >= 0.6 is 11.6 Å². The maximum Gasteiger partial charge on any atom is 0.322 e. The number of hydrogen-bond donors (Lipinski definition) is 2. The highest BCUT2D eigenvalue weighted by atomic mass is 35.5. The fourth-order valence-electron chi connectivity index (χ4n) is 1.69. The molecule has 1 rings (SSSR count). The number of aliphatic carboxylic acids is 1. The molecular formula is C12H15ClN2O6S. The predicted molar refractivity (Wildman–Crippen MR) is 79.4 cm³/mol. The van der Waals surface area contributed by atoms with Crippen LogP contribution in [-0.4, -0.2) is 30.5 Å². The van der Waals surface area contributed by atoms with Gasteiger partial charge in [-0.05, 0) is 18.9 Å². The van der Waals surface area contributed by atoms with E-state index in [0.29, 0.717) is 0 Å². The van der Waals surface area contributed by atoms with Crippen LogP contribution in [0.15, 0.2) is 17.0 Å². The summed E-state index contributed by atoms with van der Waals surface area (Å²) in [4.78, 5) is 20.8. The van der Waals surface area contributed by atoms with Gasteiger partial charge in [-0.15, -0.1) is 0 Å². The van der Waals surface area contributed by atoms with E-state index >= 15 is 0 Å². The smallest absolute Gasteiger partial charge is 0.322 e. The standard InChI is InChI=1S/C12H15ClN2O6S/c1-6(2)11(12(16)17)14-22(20,21)8-4-9(13)7(3)10(5-8)15(18)19/h4-6,11,14H,1-3H3,(H,16,17)/t11-/m0/s1. The van der Waals surface area contributed by atoms with Gasteiger partial charge in [0.25, 0.3) is 5.69 Å². The van der Waals surface area contributed by atoms with Crippen molar-refractivity contribution < 1.29 is 23.2 Å². The highest BCUT2D eigenvalue weighted by molar-refractivity contribution is 7.89. The lowest BCUT2D eigenvalue weighted by atomic mass is 10.1. The van der Waals surface area contributed by atoms with Gasteiger partial charge >= 0.3 is 5.97 Å². The molecular weight excluding hydrogens is 336 g/mol. The van der Waals surface area contributed by atoms with Gasteiger partial charge in [-0.1, -0.05) is 25.4 Å². The number of carboxylic acids is 1. The number of rotatable bonds is 6. The molecule has 0 radical (unpaired) electrons. The number of nitrogens with zero attached hydrogens (tertiary/aromatic N) is 1. The summed E-state index contributed by atoms with van der Waals surface area (Å²) in [7, 11) is -4.26. The minimum absolute atomic E-state index is 0.0917. The molecule has 122 valence electrons. The van der Waals surface area contributed by atoms with Crippen molar-refractivity contribution in [1.29, 1.82) is 0 Å². The van der Waals surface area contributed by atoms with Crippen molar-refractivity contribution in [3.8, 4) is 0 Å². The zero-order chi connectivity index (χ0) is 17.2. The average Bonchev–Trinajstić information content (AvgIpc) is 2.37. The lowest BCUT2D eigenvalue weighted by Gasteiger charge is -2.18. The Bertz CT molecular complexity index is 717. The summed E-state index contributed by atoms with van der Waals surface area (Å²) >= 11 is 5.82. The van der Waals surface area contributed by atoms with Crippen molar-refractivity contribution >= 4 is 33.3 Å². The van der Waals surface area contributed by atoms with Crippen LogP contribution in [0.25, 0.3) is 0 Å². The molecule has 10 heteroatoms. The van der Waals surface area contributed by atoms with Crippen molar-refractivity contribution in [3.63, 3.8) is 0 Å². The molecule has 2 N–H and O–H groups in total. The monoisotopic (exact) mass is 350 g/mol. The van der Waals surface area contributed by atoms with Gasteiger partial charge in [-0.2, -0.15) is 4.72 Å². The lowest BCUT2D eigenvalue weighted by Crippen LogP contribution is -2.44. The molecule has 1 aromatic rings. The van der Waals surface area contributed by atoms with E-state index in [1.54, 1.807) is 0 Å². The molecule has 0 heterocycles. The third kappa shape index (κ3) is 3.93. The van der Waals surface area contributed by atoms with Gasteiger partial charge in [-0.25, -0.2) is 8.42 Å². The van der Waals surface area contributed by atoms with E-state index in [-0.39, 0.29) is 10.6 Å². The summed E-state index contributed by atoms with van der Waals surface area (Å²) in [5.41, 5.74) is -0.325. The molecule has 0 saturated carbocycles. The second-order valence-corrected chi connectivity index (χ2v) is 7.11. The van der Waals surface area contributed by atoms with Crippen LogP contribution in [0.1, 0.15) is 19.4 Å². The first-order chi connectivity index (χ1) is 9.97. The molecule has 1 atom stereocenters. The molecule has 0 aliphatic carbocycles. The first kappa shape index (κ1) is 18.3. The first-order valence-electron chi connectivity index (χ1n) is 6.17. The summed E-state index contributed by atoms with van der Waals surface area (Å²) in [6.45, 7) is 4.45. The Morgan fingerprint density at radius 1 is 1.41 bits per heavy atom. The Balaban J connectivity index is 3.35. The van der Waals surface area contributed by atoms with E-state index in [1.165, 1.54) is 20.8 Å². The van der Waals surface area contributed by atoms with Gasteiger partial charge in [0.2, 0.25) is 10.0 Å². The second kappa shape index (κ2) is 6.59. The minimum Gasteiger partial charge on any atom is -0.480 e. The minimum atomic E-state index is -4.26. The van der Waals surface area contributed by atoms with Gasteiger partial charge in [-0.3, -0.25) is 14.9 Å². The van der Waals surface area contributed by atoms with E-state index in [1.807, 2.05) is 4.72 Å². The third-order valence-electron chi connectivity index (χ3n) is 3.01. The number of nitrogens with one attached hydrogen (secondary N) is 1. The SMILES string of the molecule is Cc1c(Cl)cc(S(=O)(=O)N[C@H](C(=O)O)C(C)C)cc1[N+](=O)[O-]. The first-order valence-corrected chi connectivity index (χ1v) is 8.03. The number of carboxylic acid groups (broad SMARTS) is 1. The quantitative estimate of drug-likeness (QED) is 0.596. The zero-order valence-corrected chi connectivity index (χ0v) is 13.6. The van der Waals surface area contributed by atoms with Crippen molar-refractivity contribution in [2.45, 2.75) is 31.7 Å². The Hall–Kier alpha value is -1.71. The molecule has 22 heavy (non-hydrogen) atoms. The topological polar surface area (TPSA) is 127 Å². The van der Waals surface area contributed by atoms with Crippen LogP contribution in [0.3, 0.4) is 0 Å². The van der Waals surface area contributed by atoms with Gasteiger partial charge in [0.15, 0.2) is 0 Å². The molecule has 0 saturated heterocycles. The number of benzene rings is 1. The summed E-state index contributed by atoms with van der Waals surface area (Å²) in [6.07, 6.45) is 0. The van der Waals surface area contributed by atoms with Crippen LogP contribution in [0.4, 0.5) is 5.69 Å². The van der Waals surface area contributed by atoms with Gasteiger partial charge in [0.05, 0.1) is 14.8 Å². The second-order valence-electron chi connectivity index (χ2n) is 4.99. The summed E-state index contributed by atoms with van der Waals surface area (Å²) in [5.74, 6) is -1.85. The van der Waals surface area contributed by atoms with Crippen LogP contribution in [0, 0.1) is 23.0 Å².